The zero-order chi connectivity index (χ0) is 19.6. The van der Waals surface area contributed by atoms with Crippen molar-refractivity contribution >= 4 is 21.8 Å². The zero-order valence-electron chi connectivity index (χ0n) is 17.0. The third-order valence-electron chi connectivity index (χ3n) is 8.26. The van der Waals surface area contributed by atoms with Crippen LogP contribution < -0.4 is 9.47 Å². The molecule has 1 aromatic carbocycles. The maximum atomic E-state index is 14.2. The van der Waals surface area contributed by atoms with Crippen molar-refractivity contribution in [3.05, 3.63) is 23.8 Å². The van der Waals surface area contributed by atoms with Crippen LogP contribution in [0.15, 0.2) is 18.2 Å². The number of ether oxygens (including phenoxy) is 2. The van der Waals surface area contributed by atoms with Crippen LogP contribution in [0.2, 0.25) is 0 Å². The van der Waals surface area contributed by atoms with Gasteiger partial charge in [-0.2, -0.15) is 0 Å². The lowest BCUT2D eigenvalue weighted by atomic mass is 9.49. The Morgan fingerprint density at radius 2 is 1.79 bits per heavy atom. The first-order valence-corrected chi connectivity index (χ1v) is 12.2. The van der Waals surface area contributed by atoms with Crippen molar-refractivity contribution in [3.8, 4) is 11.5 Å². The van der Waals surface area contributed by atoms with E-state index < -0.39 is 0 Å². The van der Waals surface area contributed by atoms with E-state index in [0.717, 1.165) is 61.0 Å². The van der Waals surface area contributed by atoms with Crippen molar-refractivity contribution in [2.45, 2.75) is 81.1 Å². The molecule has 5 saturated carbocycles. The molecule has 0 radical (unpaired) electrons. The van der Waals surface area contributed by atoms with Gasteiger partial charge < -0.3 is 14.4 Å². The largest absolute Gasteiger partial charge is 0.454 e. The minimum Gasteiger partial charge on any atom is -0.454 e. The molecule has 5 fully saturated rings. The topological polar surface area (TPSA) is 38.8 Å². The van der Waals surface area contributed by atoms with E-state index in [-0.39, 0.29) is 9.74 Å². The van der Waals surface area contributed by atoms with Crippen molar-refractivity contribution < 1.29 is 14.3 Å². The van der Waals surface area contributed by atoms with Crippen molar-refractivity contribution in [1.29, 1.82) is 0 Å². The van der Waals surface area contributed by atoms with E-state index in [1.54, 1.807) is 0 Å². The zero-order valence-corrected chi connectivity index (χ0v) is 18.6. The van der Waals surface area contributed by atoms with Crippen LogP contribution in [0.5, 0.6) is 11.5 Å². The number of nitrogens with zero attached hydrogens (tertiary/aromatic N) is 1. The average Bonchev–Trinajstić information content (AvgIpc) is 3.35. The summed E-state index contributed by atoms with van der Waals surface area (Å²) in [5.74, 6) is 3.54. The van der Waals surface area contributed by atoms with Gasteiger partial charge in [0.1, 0.15) is 0 Å². The van der Waals surface area contributed by atoms with E-state index in [0.29, 0.717) is 25.3 Å². The fourth-order valence-corrected chi connectivity index (χ4v) is 8.98. The molecule has 0 spiro atoms. The van der Waals surface area contributed by atoms with Crippen LogP contribution in [-0.2, 0) is 11.3 Å². The highest BCUT2D eigenvalue weighted by molar-refractivity contribution is 9.10. The van der Waals surface area contributed by atoms with Gasteiger partial charge in [-0.1, -0.05) is 34.8 Å². The Morgan fingerprint density at radius 3 is 2.52 bits per heavy atom. The van der Waals surface area contributed by atoms with E-state index in [1.807, 2.05) is 6.07 Å². The van der Waals surface area contributed by atoms with E-state index in [1.165, 1.54) is 32.1 Å². The van der Waals surface area contributed by atoms with Gasteiger partial charge in [-0.05, 0) is 80.9 Å². The lowest BCUT2D eigenvalue weighted by Crippen LogP contribution is -2.59. The Balaban J connectivity index is 1.31. The molecule has 6 aliphatic rings. The minimum atomic E-state index is -0.132. The molecule has 2 atom stereocenters. The number of hydrogen-bond donors (Lipinski definition) is 0. The highest BCUT2D eigenvalue weighted by Gasteiger charge is 2.60. The van der Waals surface area contributed by atoms with E-state index >= 15 is 0 Å². The van der Waals surface area contributed by atoms with Crippen molar-refractivity contribution in [2.24, 2.45) is 17.3 Å². The van der Waals surface area contributed by atoms with Gasteiger partial charge in [-0.3, -0.25) is 4.79 Å². The van der Waals surface area contributed by atoms with Gasteiger partial charge in [0.05, 0.1) is 5.41 Å². The molecular weight excluding hydrogens is 430 g/mol. The monoisotopic (exact) mass is 459 g/mol. The second-order valence-electron chi connectivity index (χ2n) is 10.5. The number of halogens is 1. The van der Waals surface area contributed by atoms with Crippen molar-refractivity contribution in [1.82, 2.24) is 4.90 Å². The van der Waals surface area contributed by atoms with E-state index in [9.17, 15) is 4.79 Å². The third-order valence-corrected chi connectivity index (χ3v) is 9.19. The molecule has 5 heteroatoms. The SMILES string of the molecule is O=C(N(Cc1ccc2c(c1)OCO2)C1CCCC1)C12CC3CC(CC(Br)(C3)C1)C2. The molecule has 1 heterocycles. The fraction of sp³-hybridized carbons (Fsp3) is 0.708. The standard InChI is InChI=1S/C24H30BrNO3/c25-24-11-17-7-18(12-24)10-23(9-17,14-24)22(27)26(19-3-1-2-4-19)13-16-5-6-20-21(8-16)29-15-28-20/h5-6,8,17-19H,1-4,7,9-15H2. The van der Waals surface area contributed by atoms with Crippen molar-refractivity contribution in [2.75, 3.05) is 6.79 Å². The summed E-state index contributed by atoms with van der Waals surface area (Å²) in [6.45, 7) is 0.996. The number of hydrogen-bond acceptors (Lipinski definition) is 3. The molecule has 1 aromatic rings. The summed E-state index contributed by atoms with van der Waals surface area (Å²) < 4.78 is 11.3. The third kappa shape index (κ3) is 3.10. The minimum absolute atomic E-state index is 0.132. The summed E-state index contributed by atoms with van der Waals surface area (Å²) >= 11 is 4.09. The number of rotatable bonds is 4. The fourth-order valence-electron chi connectivity index (χ4n) is 7.52. The van der Waals surface area contributed by atoms with Gasteiger partial charge in [0, 0.05) is 16.9 Å². The van der Waals surface area contributed by atoms with E-state index in [2.05, 4.69) is 33.0 Å². The highest BCUT2D eigenvalue weighted by Crippen LogP contribution is 2.65. The molecule has 5 aliphatic carbocycles. The smallest absolute Gasteiger partial charge is 0.231 e. The number of alkyl halides is 1. The number of fused-ring (bicyclic) bond motifs is 1. The Hall–Kier alpha value is -1.23. The van der Waals surface area contributed by atoms with E-state index in [4.69, 9.17) is 9.47 Å². The number of carbonyl (C=O) groups excluding carboxylic acids is 1. The van der Waals surface area contributed by atoms with Crippen LogP contribution in [0.4, 0.5) is 0 Å². The highest BCUT2D eigenvalue weighted by atomic mass is 79.9. The molecule has 29 heavy (non-hydrogen) atoms. The lowest BCUT2D eigenvalue weighted by molar-refractivity contribution is -0.158. The van der Waals surface area contributed by atoms with Crippen LogP contribution in [0, 0.1) is 17.3 Å². The first kappa shape index (κ1) is 18.5. The average molecular weight is 460 g/mol. The summed E-state index contributed by atoms with van der Waals surface area (Å²) in [5, 5.41) is 0. The van der Waals surface area contributed by atoms with Gasteiger partial charge >= 0.3 is 0 Å². The molecule has 0 aromatic heterocycles. The van der Waals surface area contributed by atoms with Gasteiger partial charge in [-0.15, -0.1) is 0 Å². The van der Waals surface area contributed by atoms with Gasteiger partial charge in [0.15, 0.2) is 11.5 Å². The number of carbonyl (C=O) groups is 1. The summed E-state index contributed by atoms with van der Waals surface area (Å²) in [6.07, 6.45) is 11.9. The summed E-state index contributed by atoms with van der Waals surface area (Å²) in [6, 6.07) is 6.57. The molecule has 1 aliphatic heterocycles. The first-order valence-electron chi connectivity index (χ1n) is 11.4. The Bertz CT molecular complexity index is 819. The Kier molecular flexibility index (Phi) is 4.24. The van der Waals surface area contributed by atoms with Crippen LogP contribution in [0.1, 0.15) is 69.8 Å². The number of amides is 1. The molecule has 0 saturated heterocycles. The maximum Gasteiger partial charge on any atom is 0.231 e. The predicted octanol–water partition coefficient (Wildman–Crippen LogP) is 5.42. The lowest BCUT2D eigenvalue weighted by Gasteiger charge is -2.60. The quantitative estimate of drug-likeness (QED) is 0.564. The van der Waals surface area contributed by atoms with Crippen LogP contribution in [0.3, 0.4) is 0 Å². The normalized spacial score (nSPS) is 37.3. The van der Waals surface area contributed by atoms with Crippen molar-refractivity contribution in [3.63, 3.8) is 0 Å². The molecule has 4 nitrogen and oxygen atoms in total. The summed E-state index contributed by atoms with van der Waals surface area (Å²) in [4.78, 5) is 16.5. The Labute approximate surface area is 181 Å². The van der Waals surface area contributed by atoms with Gasteiger partial charge in [-0.25, -0.2) is 0 Å². The second-order valence-corrected chi connectivity index (χ2v) is 12.1. The molecular formula is C24H30BrNO3. The second kappa shape index (κ2) is 6.63. The molecule has 156 valence electrons. The summed E-state index contributed by atoms with van der Waals surface area (Å²) in [5.41, 5.74) is 1.03. The molecule has 0 N–H and O–H groups in total. The van der Waals surface area contributed by atoms with Crippen LogP contribution in [0.25, 0.3) is 0 Å². The Morgan fingerprint density at radius 1 is 1.07 bits per heavy atom. The van der Waals surface area contributed by atoms with Crippen LogP contribution in [-0.4, -0.2) is 28.0 Å². The maximum absolute atomic E-state index is 14.2. The summed E-state index contributed by atoms with van der Waals surface area (Å²) in [7, 11) is 0. The van der Waals surface area contributed by atoms with Gasteiger partial charge in [0.25, 0.3) is 0 Å². The molecule has 7 rings (SSSR count). The van der Waals surface area contributed by atoms with Gasteiger partial charge in [0.2, 0.25) is 12.7 Å². The first-order chi connectivity index (χ1) is 14.0. The predicted molar refractivity (Wildman–Crippen MR) is 114 cm³/mol. The van der Waals surface area contributed by atoms with Crippen LogP contribution >= 0.6 is 15.9 Å². The molecule has 2 unspecified atom stereocenters. The molecule has 1 amide bonds. The molecule has 4 bridgehead atoms. The number of benzene rings is 1.